The van der Waals surface area contributed by atoms with Crippen LogP contribution < -0.4 is 11.1 Å². The fourth-order valence-corrected chi connectivity index (χ4v) is 1.76. The summed E-state index contributed by atoms with van der Waals surface area (Å²) in [5.74, 6) is 1.53. The number of rotatable bonds is 5. The number of anilines is 2. The van der Waals surface area contributed by atoms with E-state index in [0.717, 1.165) is 30.8 Å². The standard InChI is InChI=1S/C12H20N4/c1-3-4-9-10(13)15-8-16-11(9)14-7-12(2)5-6-12/h8H,3-7H2,1-2H3,(H3,13,14,15,16). The lowest BCUT2D eigenvalue weighted by Crippen LogP contribution is -2.15. The minimum Gasteiger partial charge on any atom is -0.383 e. The van der Waals surface area contributed by atoms with E-state index in [-0.39, 0.29) is 0 Å². The van der Waals surface area contributed by atoms with Crippen LogP contribution in [0.4, 0.5) is 11.6 Å². The molecule has 0 radical (unpaired) electrons. The first kappa shape index (κ1) is 11.2. The zero-order valence-corrected chi connectivity index (χ0v) is 10.1. The van der Waals surface area contributed by atoms with E-state index in [1.54, 1.807) is 0 Å². The van der Waals surface area contributed by atoms with Crippen molar-refractivity contribution in [1.29, 1.82) is 0 Å². The summed E-state index contributed by atoms with van der Waals surface area (Å²) in [6, 6.07) is 0. The van der Waals surface area contributed by atoms with Gasteiger partial charge < -0.3 is 11.1 Å². The third kappa shape index (κ3) is 2.43. The van der Waals surface area contributed by atoms with E-state index in [2.05, 4.69) is 29.1 Å². The molecule has 3 N–H and O–H groups in total. The van der Waals surface area contributed by atoms with Crippen molar-refractivity contribution >= 4 is 11.6 Å². The first-order chi connectivity index (χ1) is 7.64. The third-order valence-electron chi connectivity index (χ3n) is 3.26. The van der Waals surface area contributed by atoms with Gasteiger partial charge in [-0.25, -0.2) is 9.97 Å². The van der Waals surface area contributed by atoms with Gasteiger partial charge in [0.2, 0.25) is 0 Å². The highest BCUT2D eigenvalue weighted by molar-refractivity contribution is 5.55. The average Bonchev–Trinajstić information content (AvgIpc) is 2.99. The number of hydrogen-bond donors (Lipinski definition) is 2. The molecular weight excluding hydrogens is 200 g/mol. The Morgan fingerprint density at radius 3 is 2.81 bits per heavy atom. The van der Waals surface area contributed by atoms with Gasteiger partial charge in [-0.3, -0.25) is 0 Å². The maximum absolute atomic E-state index is 5.87. The Kier molecular flexibility index (Phi) is 2.99. The predicted octanol–water partition coefficient (Wildman–Crippen LogP) is 2.22. The van der Waals surface area contributed by atoms with E-state index in [9.17, 15) is 0 Å². The maximum atomic E-state index is 5.87. The smallest absolute Gasteiger partial charge is 0.134 e. The Balaban J connectivity index is 2.09. The fraction of sp³-hybridized carbons (Fsp3) is 0.667. The molecule has 88 valence electrons. The number of hydrogen-bond acceptors (Lipinski definition) is 4. The first-order valence-electron chi connectivity index (χ1n) is 5.98. The second-order valence-corrected chi connectivity index (χ2v) is 5.00. The molecule has 1 saturated carbocycles. The fourth-order valence-electron chi connectivity index (χ4n) is 1.76. The van der Waals surface area contributed by atoms with E-state index in [0.29, 0.717) is 11.2 Å². The summed E-state index contributed by atoms with van der Waals surface area (Å²) < 4.78 is 0. The van der Waals surface area contributed by atoms with Gasteiger partial charge in [0.15, 0.2) is 0 Å². The zero-order valence-electron chi connectivity index (χ0n) is 10.1. The predicted molar refractivity (Wildman–Crippen MR) is 66.3 cm³/mol. The van der Waals surface area contributed by atoms with Gasteiger partial charge in [-0.05, 0) is 24.7 Å². The molecule has 0 saturated heterocycles. The molecule has 0 aromatic carbocycles. The van der Waals surface area contributed by atoms with E-state index in [1.165, 1.54) is 19.2 Å². The van der Waals surface area contributed by atoms with Gasteiger partial charge in [0.25, 0.3) is 0 Å². The van der Waals surface area contributed by atoms with Gasteiger partial charge >= 0.3 is 0 Å². The van der Waals surface area contributed by atoms with E-state index in [1.807, 2.05) is 0 Å². The second kappa shape index (κ2) is 4.28. The Labute approximate surface area is 96.7 Å². The van der Waals surface area contributed by atoms with Crippen LogP contribution in [0.15, 0.2) is 6.33 Å². The van der Waals surface area contributed by atoms with Crippen LogP contribution in [0, 0.1) is 5.41 Å². The van der Waals surface area contributed by atoms with Crippen molar-refractivity contribution in [2.75, 3.05) is 17.6 Å². The Morgan fingerprint density at radius 2 is 2.19 bits per heavy atom. The molecule has 4 heteroatoms. The third-order valence-corrected chi connectivity index (χ3v) is 3.26. The van der Waals surface area contributed by atoms with E-state index >= 15 is 0 Å². The van der Waals surface area contributed by atoms with Crippen LogP contribution in [0.3, 0.4) is 0 Å². The van der Waals surface area contributed by atoms with Crippen molar-refractivity contribution in [3.8, 4) is 0 Å². The molecule has 2 rings (SSSR count). The molecule has 1 fully saturated rings. The minimum absolute atomic E-state index is 0.475. The van der Waals surface area contributed by atoms with Crippen molar-refractivity contribution in [1.82, 2.24) is 9.97 Å². The number of nitrogens with zero attached hydrogens (tertiary/aromatic N) is 2. The van der Waals surface area contributed by atoms with Crippen LogP contribution in [0.25, 0.3) is 0 Å². The first-order valence-corrected chi connectivity index (χ1v) is 5.98. The van der Waals surface area contributed by atoms with Gasteiger partial charge in [-0.15, -0.1) is 0 Å². The molecule has 16 heavy (non-hydrogen) atoms. The van der Waals surface area contributed by atoms with E-state index < -0.39 is 0 Å². The van der Waals surface area contributed by atoms with E-state index in [4.69, 9.17) is 5.73 Å². The van der Waals surface area contributed by atoms with Crippen LogP contribution >= 0.6 is 0 Å². The average molecular weight is 220 g/mol. The number of nitrogen functional groups attached to an aromatic ring is 1. The number of aromatic nitrogens is 2. The summed E-state index contributed by atoms with van der Waals surface area (Å²) in [6.07, 6.45) is 6.15. The lowest BCUT2D eigenvalue weighted by molar-refractivity contribution is 0.608. The highest BCUT2D eigenvalue weighted by Gasteiger charge is 2.37. The van der Waals surface area contributed by atoms with Crippen LogP contribution in [0.5, 0.6) is 0 Å². The molecule has 0 unspecified atom stereocenters. The summed E-state index contributed by atoms with van der Waals surface area (Å²) in [6.45, 7) is 5.42. The molecular formula is C12H20N4. The topological polar surface area (TPSA) is 63.8 Å². The summed E-state index contributed by atoms with van der Waals surface area (Å²) in [4.78, 5) is 8.33. The molecule has 0 atom stereocenters. The van der Waals surface area contributed by atoms with Crippen LogP contribution in [-0.2, 0) is 6.42 Å². The summed E-state index contributed by atoms with van der Waals surface area (Å²) in [5.41, 5.74) is 7.41. The molecule has 1 aliphatic carbocycles. The molecule has 1 heterocycles. The van der Waals surface area contributed by atoms with Crippen LogP contribution in [0.2, 0.25) is 0 Å². The van der Waals surface area contributed by atoms with Gasteiger partial charge in [0.05, 0.1) is 0 Å². The normalized spacial score (nSPS) is 17.1. The Hall–Kier alpha value is -1.32. The molecule has 1 aliphatic rings. The van der Waals surface area contributed by atoms with Crippen molar-refractivity contribution in [2.24, 2.45) is 5.41 Å². The number of nitrogens with two attached hydrogens (primary N) is 1. The zero-order chi connectivity index (χ0) is 11.6. The maximum Gasteiger partial charge on any atom is 0.134 e. The largest absolute Gasteiger partial charge is 0.383 e. The van der Waals surface area contributed by atoms with Gasteiger partial charge in [-0.2, -0.15) is 0 Å². The molecule has 1 aromatic rings. The summed E-state index contributed by atoms with van der Waals surface area (Å²) >= 11 is 0. The van der Waals surface area contributed by atoms with Crippen molar-refractivity contribution in [2.45, 2.75) is 39.5 Å². The quantitative estimate of drug-likeness (QED) is 0.798. The van der Waals surface area contributed by atoms with Gasteiger partial charge in [0.1, 0.15) is 18.0 Å². The summed E-state index contributed by atoms with van der Waals surface area (Å²) in [7, 11) is 0. The lowest BCUT2D eigenvalue weighted by Gasteiger charge is -2.14. The monoisotopic (exact) mass is 220 g/mol. The van der Waals surface area contributed by atoms with Crippen molar-refractivity contribution < 1.29 is 0 Å². The van der Waals surface area contributed by atoms with Crippen molar-refractivity contribution in [3.05, 3.63) is 11.9 Å². The SMILES string of the molecule is CCCc1c(N)ncnc1NCC1(C)CC1. The molecule has 0 spiro atoms. The molecule has 0 bridgehead atoms. The Bertz CT molecular complexity index is 371. The van der Waals surface area contributed by atoms with Crippen molar-refractivity contribution in [3.63, 3.8) is 0 Å². The Morgan fingerprint density at radius 1 is 1.44 bits per heavy atom. The summed E-state index contributed by atoms with van der Waals surface area (Å²) in [5, 5.41) is 3.41. The van der Waals surface area contributed by atoms with Gasteiger partial charge in [0, 0.05) is 12.1 Å². The molecule has 0 aliphatic heterocycles. The lowest BCUT2D eigenvalue weighted by atomic mass is 10.1. The molecule has 1 aromatic heterocycles. The highest BCUT2D eigenvalue weighted by atomic mass is 15.0. The highest BCUT2D eigenvalue weighted by Crippen LogP contribution is 2.44. The van der Waals surface area contributed by atoms with Crippen LogP contribution in [0.1, 0.15) is 38.7 Å². The van der Waals surface area contributed by atoms with Crippen LogP contribution in [-0.4, -0.2) is 16.5 Å². The number of nitrogens with one attached hydrogen (secondary N) is 1. The second-order valence-electron chi connectivity index (χ2n) is 5.00. The molecule has 4 nitrogen and oxygen atoms in total. The van der Waals surface area contributed by atoms with Gasteiger partial charge in [-0.1, -0.05) is 20.3 Å². The molecule has 0 amide bonds. The minimum atomic E-state index is 0.475.